The van der Waals surface area contributed by atoms with Crippen molar-refractivity contribution in [1.82, 2.24) is 0 Å². The summed E-state index contributed by atoms with van der Waals surface area (Å²) in [5.74, 6) is -0.334. The molecule has 0 aromatic heterocycles. The summed E-state index contributed by atoms with van der Waals surface area (Å²) in [6.07, 6.45) is 0.231. The van der Waals surface area contributed by atoms with Gasteiger partial charge >= 0.3 is 0 Å². The molecule has 0 aliphatic rings. The van der Waals surface area contributed by atoms with Crippen molar-refractivity contribution in [2.24, 2.45) is 0 Å². The number of benzene rings is 4. The smallest absolute Gasteiger partial charge is 0.166 e. The number of nitrogens with one attached hydrogen (secondary N) is 2. The molecular weight excluding hydrogens is 653 g/mol. The molecule has 3 nitrogen and oxygen atoms in total. The topological polar surface area (TPSA) is 44.3 Å². The molecule has 0 amide bonds. The van der Waals surface area contributed by atoms with E-state index in [1.807, 2.05) is 68.4 Å². The lowest BCUT2D eigenvalue weighted by molar-refractivity contribution is 0.0678. The number of aliphatic hydroxyl groups is 1. The van der Waals surface area contributed by atoms with Crippen LogP contribution >= 0.6 is 45.2 Å². The number of hydrogen-bond acceptors (Lipinski definition) is 3. The van der Waals surface area contributed by atoms with E-state index in [0.717, 1.165) is 40.8 Å². The molecule has 0 radical (unpaired) electrons. The molecule has 6 heteroatoms. The Morgan fingerprint density at radius 1 is 0.765 bits per heavy atom. The molecular formula is C28H25FI2N2O. The van der Waals surface area contributed by atoms with Crippen LogP contribution in [-0.4, -0.2) is 5.11 Å². The quantitative estimate of drug-likeness (QED) is 0.138. The van der Waals surface area contributed by atoms with Crippen molar-refractivity contribution in [2.75, 3.05) is 10.6 Å². The highest BCUT2D eigenvalue weighted by Crippen LogP contribution is 2.34. The van der Waals surface area contributed by atoms with Gasteiger partial charge in [-0.25, -0.2) is 4.39 Å². The molecule has 0 spiro atoms. The zero-order chi connectivity index (χ0) is 24.3. The third-order valence-corrected chi connectivity index (χ3v) is 7.10. The van der Waals surface area contributed by atoms with Crippen LogP contribution in [0.1, 0.15) is 22.3 Å². The minimum absolute atomic E-state index is 0.231. The van der Waals surface area contributed by atoms with Crippen LogP contribution in [0.4, 0.5) is 21.5 Å². The predicted molar refractivity (Wildman–Crippen MR) is 155 cm³/mol. The summed E-state index contributed by atoms with van der Waals surface area (Å²) in [6, 6.07) is 26.3. The van der Waals surface area contributed by atoms with E-state index in [9.17, 15) is 9.50 Å². The van der Waals surface area contributed by atoms with E-state index in [1.54, 1.807) is 6.07 Å². The van der Waals surface area contributed by atoms with Crippen molar-refractivity contribution < 1.29 is 9.50 Å². The second-order valence-electron chi connectivity index (χ2n) is 8.37. The average Bonchev–Trinajstić information content (AvgIpc) is 2.80. The molecule has 4 rings (SSSR count). The second-order valence-corrected chi connectivity index (χ2v) is 10.9. The van der Waals surface area contributed by atoms with Crippen LogP contribution in [0.15, 0.2) is 84.9 Å². The molecule has 3 N–H and O–H groups in total. The lowest BCUT2D eigenvalue weighted by Crippen LogP contribution is -2.38. The first-order valence-corrected chi connectivity index (χ1v) is 13.0. The Morgan fingerprint density at radius 2 is 1.38 bits per heavy atom. The van der Waals surface area contributed by atoms with Crippen LogP contribution in [-0.2, 0) is 12.1 Å². The maximum Gasteiger partial charge on any atom is 0.166 e. The zero-order valence-electron chi connectivity index (χ0n) is 18.9. The molecule has 0 aliphatic carbocycles. The molecule has 4 aromatic rings. The van der Waals surface area contributed by atoms with E-state index in [-0.39, 0.29) is 12.2 Å². The Kier molecular flexibility index (Phi) is 7.79. The van der Waals surface area contributed by atoms with Gasteiger partial charge in [0.2, 0.25) is 0 Å². The van der Waals surface area contributed by atoms with Gasteiger partial charge < -0.3 is 15.7 Å². The number of rotatable bonds is 7. The van der Waals surface area contributed by atoms with Gasteiger partial charge in [0.05, 0.1) is 0 Å². The predicted octanol–water partition coefficient (Wildman–Crippen LogP) is 7.90. The summed E-state index contributed by atoms with van der Waals surface area (Å²) in [5.41, 5.74) is 4.58. The van der Waals surface area contributed by atoms with Gasteiger partial charge in [-0.2, -0.15) is 0 Å². The van der Waals surface area contributed by atoms with E-state index in [0.29, 0.717) is 5.69 Å². The lowest BCUT2D eigenvalue weighted by atomic mass is 9.93. The van der Waals surface area contributed by atoms with Crippen molar-refractivity contribution in [3.63, 3.8) is 0 Å². The summed E-state index contributed by atoms with van der Waals surface area (Å²) >= 11 is 4.55. The molecule has 34 heavy (non-hydrogen) atoms. The Bertz CT molecular complexity index is 1310. The minimum Gasteiger partial charge on any atom is -0.367 e. The van der Waals surface area contributed by atoms with Crippen molar-refractivity contribution in [3.05, 3.63) is 120 Å². The van der Waals surface area contributed by atoms with E-state index in [4.69, 9.17) is 0 Å². The summed E-state index contributed by atoms with van der Waals surface area (Å²) < 4.78 is 16.5. The number of hydrogen-bond donors (Lipinski definition) is 3. The molecule has 0 bridgehead atoms. The van der Waals surface area contributed by atoms with Crippen molar-refractivity contribution >= 4 is 62.2 Å². The summed E-state index contributed by atoms with van der Waals surface area (Å²) in [6.45, 7) is 4.03. The van der Waals surface area contributed by atoms with Gasteiger partial charge in [-0.05, 0) is 124 Å². The van der Waals surface area contributed by atoms with Crippen LogP contribution in [0.5, 0.6) is 0 Å². The standard InChI is InChI=1S/C28H25FI2N2O/c1-18-14-23(30)10-12-25(18)32-27-16-22(29)9-8-20(27)17-28(34,21-6-4-3-5-7-21)33-26-13-11-24(31)15-19(26)2/h3-16,32-34H,17H2,1-2H3. The first-order chi connectivity index (χ1) is 16.2. The zero-order valence-corrected chi connectivity index (χ0v) is 23.2. The highest BCUT2D eigenvalue weighted by Gasteiger charge is 2.31. The third kappa shape index (κ3) is 5.90. The maximum absolute atomic E-state index is 14.3. The van der Waals surface area contributed by atoms with Crippen LogP contribution < -0.4 is 10.6 Å². The van der Waals surface area contributed by atoms with Crippen LogP contribution in [0.25, 0.3) is 0 Å². The Morgan fingerprint density at radius 3 is 2.00 bits per heavy atom. The van der Waals surface area contributed by atoms with Gasteiger partial charge in [0.1, 0.15) is 5.82 Å². The molecule has 0 fully saturated rings. The van der Waals surface area contributed by atoms with E-state index in [2.05, 4.69) is 67.9 Å². The van der Waals surface area contributed by atoms with Crippen LogP contribution in [0.2, 0.25) is 0 Å². The average molecular weight is 678 g/mol. The number of aryl methyl sites for hydroxylation is 2. The molecule has 0 saturated heterocycles. The van der Waals surface area contributed by atoms with Gasteiger partial charge in [-0.3, -0.25) is 0 Å². The van der Waals surface area contributed by atoms with Crippen LogP contribution in [0.3, 0.4) is 0 Å². The van der Waals surface area contributed by atoms with Gasteiger partial charge in [0.25, 0.3) is 0 Å². The highest BCUT2D eigenvalue weighted by atomic mass is 127. The van der Waals surface area contributed by atoms with Crippen LogP contribution in [0, 0.1) is 26.8 Å². The first-order valence-electron chi connectivity index (χ1n) is 10.9. The molecule has 1 unspecified atom stereocenters. The first kappa shape index (κ1) is 24.9. The summed E-state index contributed by atoms with van der Waals surface area (Å²) in [5, 5.41) is 18.8. The fraction of sp³-hybridized carbons (Fsp3) is 0.143. The largest absolute Gasteiger partial charge is 0.367 e. The van der Waals surface area contributed by atoms with Crippen molar-refractivity contribution in [3.8, 4) is 0 Å². The van der Waals surface area contributed by atoms with Gasteiger partial charge in [0.15, 0.2) is 5.72 Å². The Hall–Kier alpha value is -2.17. The minimum atomic E-state index is -1.41. The van der Waals surface area contributed by atoms with E-state index in [1.165, 1.54) is 12.1 Å². The normalized spacial score (nSPS) is 12.8. The summed E-state index contributed by atoms with van der Waals surface area (Å²) in [7, 11) is 0. The molecule has 0 saturated carbocycles. The second kappa shape index (κ2) is 10.6. The van der Waals surface area contributed by atoms with Gasteiger partial charge in [0, 0.05) is 36.2 Å². The monoisotopic (exact) mass is 678 g/mol. The maximum atomic E-state index is 14.3. The highest BCUT2D eigenvalue weighted by molar-refractivity contribution is 14.1. The number of anilines is 3. The molecule has 4 aromatic carbocycles. The lowest BCUT2D eigenvalue weighted by Gasteiger charge is -2.32. The Labute approximate surface area is 227 Å². The third-order valence-electron chi connectivity index (χ3n) is 5.76. The Balaban J connectivity index is 1.74. The van der Waals surface area contributed by atoms with Crippen molar-refractivity contribution in [2.45, 2.75) is 26.0 Å². The summed E-state index contributed by atoms with van der Waals surface area (Å²) in [4.78, 5) is 0. The molecule has 0 heterocycles. The fourth-order valence-electron chi connectivity index (χ4n) is 3.93. The fourth-order valence-corrected chi connectivity index (χ4v) is 5.22. The molecule has 0 aliphatic heterocycles. The van der Waals surface area contributed by atoms with E-state index < -0.39 is 5.72 Å². The van der Waals surface area contributed by atoms with Gasteiger partial charge in [-0.15, -0.1) is 0 Å². The van der Waals surface area contributed by atoms with E-state index >= 15 is 0 Å². The number of halogens is 3. The van der Waals surface area contributed by atoms with Gasteiger partial charge in [-0.1, -0.05) is 36.4 Å². The van der Waals surface area contributed by atoms with Crippen molar-refractivity contribution in [1.29, 1.82) is 0 Å². The SMILES string of the molecule is Cc1cc(I)ccc1Nc1cc(F)ccc1CC(O)(Nc1ccc(I)cc1C)c1ccccc1. The molecule has 174 valence electrons. The molecule has 1 atom stereocenters.